The molecule has 1 aromatic carbocycles. The molecular weight excluding hydrogens is 274 g/mol. The molecule has 0 aliphatic heterocycles. The van der Waals surface area contributed by atoms with Gasteiger partial charge < -0.3 is 16.8 Å². The smallest absolute Gasteiger partial charge is 0.234 e. The summed E-state index contributed by atoms with van der Waals surface area (Å²) in [6, 6.07) is 9.02. The predicted molar refractivity (Wildman–Crippen MR) is 82.0 cm³/mol. The van der Waals surface area contributed by atoms with Gasteiger partial charge >= 0.3 is 0 Å². The Labute approximate surface area is 123 Å². The minimum absolute atomic E-state index is 0.0885. The lowest BCUT2D eigenvalue weighted by molar-refractivity contribution is -0.127. The maximum absolute atomic E-state index is 12.2. The Morgan fingerprint density at radius 3 is 2.25 bits per heavy atom. The number of rotatable bonds is 6. The maximum atomic E-state index is 12.2. The Bertz CT molecular complexity index is 514. The molecule has 0 spiro atoms. The monoisotopic (exact) mass is 293 g/mol. The molecule has 2 amide bonds. The van der Waals surface area contributed by atoms with E-state index in [9.17, 15) is 9.59 Å². The summed E-state index contributed by atoms with van der Waals surface area (Å²) >= 11 is 4.96. The van der Waals surface area contributed by atoms with Crippen LogP contribution in [0.3, 0.4) is 0 Å². The minimum Gasteiger partial charge on any atom is -0.392 e. The van der Waals surface area contributed by atoms with E-state index in [0.717, 1.165) is 5.56 Å². The lowest BCUT2D eigenvalue weighted by Gasteiger charge is -2.23. The Hall–Kier alpha value is -1.95. The molecule has 5 nitrogen and oxygen atoms in total. The van der Waals surface area contributed by atoms with Gasteiger partial charge in [-0.15, -0.1) is 0 Å². The third-order valence-corrected chi connectivity index (χ3v) is 3.29. The van der Waals surface area contributed by atoms with E-state index in [1.54, 1.807) is 38.1 Å². The van der Waals surface area contributed by atoms with Gasteiger partial charge in [-0.25, -0.2) is 0 Å². The van der Waals surface area contributed by atoms with E-state index in [-0.39, 0.29) is 17.4 Å². The quantitative estimate of drug-likeness (QED) is 0.672. The molecule has 1 unspecified atom stereocenters. The highest BCUT2D eigenvalue weighted by molar-refractivity contribution is 7.80. The fourth-order valence-electron chi connectivity index (χ4n) is 1.59. The Balaban J connectivity index is 2.82. The summed E-state index contributed by atoms with van der Waals surface area (Å²) < 4.78 is 0. The van der Waals surface area contributed by atoms with Crippen molar-refractivity contribution in [2.75, 3.05) is 6.54 Å². The molecule has 0 aliphatic rings. The molecule has 0 saturated carbocycles. The van der Waals surface area contributed by atoms with Gasteiger partial charge in [-0.05, 0) is 19.4 Å². The number of hydrogen-bond donors (Lipinski definition) is 3. The summed E-state index contributed by atoms with van der Waals surface area (Å²) in [7, 11) is 0. The number of hydrogen-bond acceptors (Lipinski definition) is 3. The van der Waals surface area contributed by atoms with Crippen molar-refractivity contribution in [1.82, 2.24) is 5.32 Å². The van der Waals surface area contributed by atoms with Gasteiger partial charge in [0.15, 0.2) is 0 Å². The van der Waals surface area contributed by atoms with Gasteiger partial charge in [0.1, 0.15) is 5.92 Å². The normalized spacial score (nSPS) is 12.5. The van der Waals surface area contributed by atoms with Crippen molar-refractivity contribution in [2.24, 2.45) is 16.9 Å². The van der Waals surface area contributed by atoms with E-state index in [0.29, 0.717) is 0 Å². The van der Waals surface area contributed by atoms with Crippen molar-refractivity contribution in [3.8, 4) is 0 Å². The van der Waals surface area contributed by atoms with E-state index >= 15 is 0 Å². The van der Waals surface area contributed by atoms with Crippen LogP contribution in [-0.2, 0) is 9.59 Å². The van der Waals surface area contributed by atoms with Crippen LogP contribution in [0.2, 0.25) is 0 Å². The minimum atomic E-state index is -0.826. The second-order valence-electron chi connectivity index (χ2n) is 5.21. The van der Waals surface area contributed by atoms with Crippen molar-refractivity contribution < 1.29 is 9.59 Å². The SMILES string of the molecule is CC(C)(CNC(=O)C(C(N)=S)c1ccccc1)C(N)=O. The number of benzene rings is 1. The average molecular weight is 293 g/mol. The summed E-state index contributed by atoms with van der Waals surface area (Å²) in [5, 5.41) is 2.68. The highest BCUT2D eigenvalue weighted by Gasteiger charge is 2.29. The lowest BCUT2D eigenvalue weighted by Crippen LogP contribution is -2.45. The second-order valence-corrected chi connectivity index (χ2v) is 5.68. The number of carbonyl (C=O) groups is 2. The van der Waals surface area contributed by atoms with Crippen LogP contribution in [0.5, 0.6) is 0 Å². The number of carbonyl (C=O) groups excluding carboxylic acids is 2. The molecule has 1 rings (SSSR count). The molecule has 1 aromatic rings. The standard InChI is InChI=1S/C14H19N3O2S/c1-14(2,13(16)19)8-17-12(18)10(11(15)20)9-6-4-3-5-7-9/h3-7,10H,8H2,1-2H3,(H2,15,20)(H2,16,19)(H,17,18). The van der Waals surface area contributed by atoms with E-state index in [1.807, 2.05) is 6.07 Å². The zero-order chi connectivity index (χ0) is 15.3. The first-order chi connectivity index (χ1) is 9.25. The van der Waals surface area contributed by atoms with Gasteiger partial charge in [-0.1, -0.05) is 42.5 Å². The highest BCUT2D eigenvalue weighted by Crippen LogP contribution is 2.18. The Morgan fingerprint density at radius 2 is 1.80 bits per heavy atom. The summed E-state index contributed by atoms with van der Waals surface area (Å²) in [5.74, 6) is -1.53. The molecule has 6 heteroatoms. The number of nitrogens with one attached hydrogen (secondary N) is 1. The van der Waals surface area contributed by atoms with Crippen LogP contribution in [0, 0.1) is 5.41 Å². The number of nitrogens with two attached hydrogens (primary N) is 2. The molecule has 0 aliphatic carbocycles. The third kappa shape index (κ3) is 4.03. The molecule has 0 fully saturated rings. The topological polar surface area (TPSA) is 98.2 Å². The van der Waals surface area contributed by atoms with Gasteiger partial charge in [0.25, 0.3) is 0 Å². The zero-order valence-electron chi connectivity index (χ0n) is 11.6. The summed E-state index contributed by atoms with van der Waals surface area (Å²) in [6.45, 7) is 3.45. The molecule has 108 valence electrons. The average Bonchev–Trinajstić information content (AvgIpc) is 2.37. The Morgan fingerprint density at radius 1 is 1.25 bits per heavy atom. The van der Waals surface area contributed by atoms with E-state index in [1.165, 1.54) is 0 Å². The van der Waals surface area contributed by atoms with Crippen LogP contribution in [-0.4, -0.2) is 23.3 Å². The molecule has 0 radical (unpaired) electrons. The highest BCUT2D eigenvalue weighted by atomic mass is 32.1. The summed E-state index contributed by atoms with van der Waals surface area (Å²) in [5.41, 5.74) is 10.8. The van der Waals surface area contributed by atoms with Gasteiger partial charge in [0, 0.05) is 6.54 Å². The van der Waals surface area contributed by atoms with Crippen LogP contribution in [0.4, 0.5) is 0 Å². The molecule has 0 saturated heterocycles. The van der Waals surface area contributed by atoms with Crippen LogP contribution >= 0.6 is 12.2 Å². The van der Waals surface area contributed by atoms with Gasteiger partial charge in [-0.2, -0.15) is 0 Å². The molecule has 20 heavy (non-hydrogen) atoms. The van der Waals surface area contributed by atoms with Gasteiger partial charge in [0.2, 0.25) is 11.8 Å². The first-order valence-corrected chi connectivity index (χ1v) is 6.58. The molecule has 0 bridgehead atoms. The summed E-state index contributed by atoms with van der Waals surface area (Å²) in [4.78, 5) is 23.5. The molecule has 0 aromatic heterocycles. The van der Waals surface area contributed by atoms with E-state index in [2.05, 4.69) is 5.32 Å². The first-order valence-electron chi connectivity index (χ1n) is 6.17. The Kier molecular flexibility index (Phi) is 5.21. The number of thiocarbonyl (C=S) groups is 1. The van der Waals surface area contributed by atoms with Crippen LogP contribution < -0.4 is 16.8 Å². The van der Waals surface area contributed by atoms with Crippen LogP contribution in [0.1, 0.15) is 25.3 Å². The largest absolute Gasteiger partial charge is 0.392 e. The summed E-state index contributed by atoms with van der Waals surface area (Å²) in [6.07, 6.45) is 0. The van der Waals surface area contributed by atoms with Crippen LogP contribution in [0.15, 0.2) is 30.3 Å². The number of primary amides is 1. The third-order valence-electron chi connectivity index (χ3n) is 3.05. The zero-order valence-corrected chi connectivity index (χ0v) is 12.4. The molecule has 1 atom stereocenters. The van der Waals surface area contributed by atoms with Crippen LogP contribution in [0.25, 0.3) is 0 Å². The van der Waals surface area contributed by atoms with Gasteiger partial charge in [-0.3, -0.25) is 9.59 Å². The fraction of sp³-hybridized carbons (Fsp3) is 0.357. The van der Waals surface area contributed by atoms with Crippen molar-refractivity contribution in [2.45, 2.75) is 19.8 Å². The first kappa shape index (κ1) is 16.1. The molecule has 0 heterocycles. The maximum Gasteiger partial charge on any atom is 0.234 e. The van der Waals surface area contributed by atoms with Crippen molar-refractivity contribution in [1.29, 1.82) is 0 Å². The van der Waals surface area contributed by atoms with E-state index < -0.39 is 17.2 Å². The van der Waals surface area contributed by atoms with Crippen molar-refractivity contribution >= 4 is 29.0 Å². The lowest BCUT2D eigenvalue weighted by atomic mass is 9.92. The molecular formula is C14H19N3O2S. The van der Waals surface area contributed by atoms with Crippen molar-refractivity contribution in [3.63, 3.8) is 0 Å². The second kappa shape index (κ2) is 6.47. The van der Waals surface area contributed by atoms with E-state index in [4.69, 9.17) is 23.7 Å². The molecule has 5 N–H and O–H groups in total. The fourth-order valence-corrected chi connectivity index (χ4v) is 1.83. The number of amides is 2. The predicted octanol–water partition coefficient (Wildman–Crippen LogP) is 0.684. The van der Waals surface area contributed by atoms with Gasteiger partial charge in [0.05, 0.1) is 10.4 Å². The van der Waals surface area contributed by atoms with Crippen molar-refractivity contribution in [3.05, 3.63) is 35.9 Å².